The molecule has 2 rings (SSSR count). The standard InChI is InChI=1S/C14H21FN2O2S.ClH/c1-11(13-3-2-8-16-9-13)17-20(18,19)10-12-4-6-14(15)7-5-12;/h4-7,11,13,16-17H,2-3,8-10H2,1H3;1H. The van der Waals surface area contributed by atoms with E-state index in [-0.39, 0.29) is 30.0 Å². The van der Waals surface area contributed by atoms with Crippen molar-refractivity contribution in [1.82, 2.24) is 10.0 Å². The summed E-state index contributed by atoms with van der Waals surface area (Å²) in [6.07, 6.45) is 2.11. The normalized spacial score (nSPS) is 20.6. The zero-order chi connectivity index (χ0) is 14.6. The van der Waals surface area contributed by atoms with Gasteiger partial charge in [-0.2, -0.15) is 0 Å². The predicted octanol–water partition coefficient (Wildman–Crippen LogP) is 2.06. The van der Waals surface area contributed by atoms with Gasteiger partial charge in [-0.05, 0) is 56.5 Å². The summed E-state index contributed by atoms with van der Waals surface area (Å²) in [4.78, 5) is 0. The molecular weight excluding hydrogens is 315 g/mol. The summed E-state index contributed by atoms with van der Waals surface area (Å²) in [6.45, 7) is 3.76. The van der Waals surface area contributed by atoms with E-state index in [4.69, 9.17) is 0 Å². The van der Waals surface area contributed by atoms with Gasteiger partial charge in [-0.3, -0.25) is 0 Å². The smallest absolute Gasteiger partial charge is 0.216 e. The maximum atomic E-state index is 12.8. The second kappa shape index (κ2) is 8.08. The fraction of sp³-hybridized carbons (Fsp3) is 0.571. The first-order valence-corrected chi connectivity index (χ1v) is 8.57. The van der Waals surface area contributed by atoms with Crippen molar-refractivity contribution in [2.75, 3.05) is 13.1 Å². The van der Waals surface area contributed by atoms with Crippen molar-refractivity contribution in [3.05, 3.63) is 35.6 Å². The third kappa shape index (κ3) is 5.90. The van der Waals surface area contributed by atoms with E-state index < -0.39 is 10.0 Å². The van der Waals surface area contributed by atoms with E-state index in [1.54, 1.807) is 0 Å². The second-order valence-electron chi connectivity index (χ2n) is 5.40. The number of hydrogen-bond donors (Lipinski definition) is 2. The minimum atomic E-state index is -3.40. The number of sulfonamides is 1. The predicted molar refractivity (Wildman–Crippen MR) is 84.5 cm³/mol. The molecule has 1 aliphatic heterocycles. The molecule has 4 nitrogen and oxygen atoms in total. The first-order valence-electron chi connectivity index (χ1n) is 6.91. The molecular formula is C14H22ClFN2O2S. The molecule has 0 spiro atoms. The highest BCUT2D eigenvalue weighted by atomic mass is 35.5. The zero-order valence-electron chi connectivity index (χ0n) is 12.0. The summed E-state index contributed by atoms with van der Waals surface area (Å²) in [6, 6.07) is 5.47. The molecule has 0 radical (unpaired) electrons. The zero-order valence-corrected chi connectivity index (χ0v) is 13.6. The Labute approximate surface area is 132 Å². The molecule has 1 aromatic carbocycles. The van der Waals surface area contributed by atoms with Gasteiger partial charge in [0.1, 0.15) is 5.82 Å². The molecule has 1 aliphatic rings. The molecule has 0 aromatic heterocycles. The lowest BCUT2D eigenvalue weighted by molar-refractivity contribution is 0.320. The Morgan fingerprint density at radius 2 is 2.05 bits per heavy atom. The van der Waals surface area contributed by atoms with Crippen LogP contribution in [0.4, 0.5) is 4.39 Å². The van der Waals surface area contributed by atoms with Crippen molar-refractivity contribution >= 4 is 22.4 Å². The van der Waals surface area contributed by atoms with Crippen molar-refractivity contribution in [2.24, 2.45) is 5.92 Å². The number of benzene rings is 1. The van der Waals surface area contributed by atoms with Gasteiger partial charge >= 0.3 is 0 Å². The molecule has 2 N–H and O–H groups in total. The average molecular weight is 337 g/mol. The third-order valence-corrected chi connectivity index (χ3v) is 5.12. The van der Waals surface area contributed by atoms with Crippen LogP contribution in [-0.4, -0.2) is 27.5 Å². The Hall–Kier alpha value is -0.690. The van der Waals surface area contributed by atoms with Gasteiger partial charge in [0.25, 0.3) is 0 Å². The molecule has 7 heteroatoms. The van der Waals surface area contributed by atoms with Crippen molar-refractivity contribution in [3.63, 3.8) is 0 Å². The number of halogens is 2. The van der Waals surface area contributed by atoms with Crippen molar-refractivity contribution in [1.29, 1.82) is 0 Å². The summed E-state index contributed by atoms with van der Waals surface area (Å²) in [5.41, 5.74) is 0.591. The molecule has 1 fully saturated rings. The van der Waals surface area contributed by atoms with Crippen LogP contribution in [0.1, 0.15) is 25.3 Å². The van der Waals surface area contributed by atoms with Crippen LogP contribution in [-0.2, 0) is 15.8 Å². The fourth-order valence-electron chi connectivity index (χ4n) is 2.53. The first-order chi connectivity index (χ1) is 9.46. The molecule has 1 aromatic rings. The van der Waals surface area contributed by atoms with Gasteiger partial charge in [-0.1, -0.05) is 12.1 Å². The largest absolute Gasteiger partial charge is 0.316 e. The van der Waals surface area contributed by atoms with Gasteiger partial charge in [0.15, 0.2) is 0 Å². The van der Waals surface area contributed by atoms with Crippen LogP contribution in [0, 0.1) is 11.7 Å². The van der Waals surface area contributed by atoms with E-state index in [9.17, 15) is 12.8 Å². The van der Waals surface area contributed by atoms with Gasteiger partial charge in [0.2, 0.25) is 10.0 Å². The van der Waals surface area contributed by atoms with E-state index in [2.05, 4.69) is 10.0 Å². The van der Waals surface area contributed by atoms with Crippen LogP contribution in [0.15, 0.2) is 24.3 Å². The number of hydrogen-bond acceptors (Lipinski definition) is 3. The molecule has 0 bridgehead atoms. The van der Waals surface area contributed by atoms with Crippen molar-refractivity contribution in [2.45, 2.75) is 31.6 Å². The lowest BCUT2D eigenvalue weighted by Crippen LogP contribution is -2.44. The van der Waals surface area contributed by atoms with Crippen LogP contribution < -0.4 is 10.0 Å². The topological polar surface area (TPSA) is 58.2 Å². The molecule has 0 saturated carbocycles. The summed E-state index contributed by atoms with van der Waals surface area (Å²) < 4.78 is 39.8. The Morgan fingerprint density at radius 1 is 1.38 bits per heavy atom. The van der Waals surface area contributed by atoms with Crippen LogP contribution >= 0.6 is 12.4 Å². The molecule has 1 saturated heterocycles. The Bertz CT molecular complexity index is 530. The number of nitrogens with one attached hydrogen (secondary N) is 2. The van der Waals surface area contributed by atoms with Crippen molar-refractivity contribution < 1.29 is 12.8 Å². The molecule has 2 atom stereocenters. The Balaban J connectivity index is 0.00000220. The highest BCUT2D eigenvalue weighted by molar-refractivity contribution is 7.88. The summed E-state index contributed by atoms with van der Waals surface area (Å²) in [5.74, 6) is -0.148. The van der Waals surface area contributed by atoms with E-state index >= 15 is 0 Å². The fourth-order valence-corrected chi connectivity index (χ4v) is 4.00. The van der Waals surface area contributed by atoms with Crippen LogP contribution in [0.2, 0.25) is 0 Å². The van der Waals surface area contributed by atoms with Crippen LogP contribution in [0.25, 0.3) is 0 Å². The van der Waals surface area contributed by atoms with Crippen LogP contribution in [0.5, 0.6) is 0 Å². The van der Waals surface area contributed by atoms with E-state index in [0.717, 1.165) is 25.9 Å². The van der Waals surface area contributed by atoms with Gasteiger partial charge < -0.3 is 5.32 Å². The Kier molecular flexibility index (Phi) is 7.06. The third-order valence-electron chi connectivity index (χ3n) is 3.68. The second-order valence-corrected chi connectivity index (χ2v) is 7.15. The maximum absolute atomic E-state index is 12.8. The maximum Gasteiger partial charge on any atom is 0.216 e. The van der Waals surface area contributed by atoms with Gasteiger partial charge in [0.05, 0.1) is 5.75 Å². The Morgan fingerprint density at radius 3 is 2.62 bits per heavy atom. The molecule has 0 amide bonds. The van der Waals surface area contributed by atoms with E-state index in [0.29, 0.717) is 11.5 Å². The average Bonchev–Trinajstić information content (AvgIpc) is 2.41. The first kappa shape index (κ1) is 18.4. The minimum Gasteiger partial charge on any atom is -0.316 e. The minimum absolute atomic E-state index is 0. The molecule has 120 valence electrons. The van der Waals surface area contributed by atoms with Crippen molar-refractivity contribution in [3.8, 4) is 0 Å². The summed E-state index contributed by atoms with van der Waals surface area (Å²) in [5, 5.41) is 3.28. The molecule has 21 heavy (non-hydrogen) atoms. The number of piperidine rings is 1. The summed E-state index contributed by atoms with van der Waals surface area (Å²) >= 11 is 0. The number of rotatable bonds is 5. The molecule has 1 heterocycles. The van der Waals surface area contributed by atoms with Gasteiger partial charge in [0, 0.05) is 6.04 Å². The van der Waals surface area contributed by atoms with Gasteiger partial charge in [-0.15, -0.1) is 12.4 Å². The highest BCUT2D eigenvalue weighted by Gasteiger charge is 2.24. The SMILES string of the molecule is CC(NS(=O)(=O)Cc1ccc(F)cc1)C1CCCNC1.Cl. The van der Waals surface area contributed by atoms with Crippen LogP contribution in [0.3, 0.4) is 0 Å². The summed E-state index contributed by atoms with van der Waals surface area (Å²) in [7, 11) is -3.40. The van der Waals surface area contributed by atoms with E-state index in [1.165, 1.54) is 24.3 Å². The van der Waals surface area contributed by atoms with Gasteiger partial charge in [-0.25, -0.2) is 17.5 Å². The quantitative estimate of drug-likeness (QED) is 0.865. The van der Waals surface area contributed by atoms with E-state index in [1.807, 2.05) is 6.92 Å². The molecule has 2 unspecified atom stereocenters. The highest BCUT2D eigenvalue weighted by Crippen LogP contribution is 2.16. The monoisotopic (exact) mass is 336 g/mol. The lowest BCUT2D eigenvalue weighted by Gasteiger charge is -2.28. The lowest BCUT2D eigenvalue weighted by atomic mass is 9.94. The molecule has 0 aliphatic carbocycles.